The molecular weight excluding hydrogens is 298 g/mol. The molecule has 0 fully saturated rings. The predicted octanol–water partition coefficient (Wildman–Crippen LogP) is 1.74. The summed E-state index contributed by atoms with van der Waals surface area (Å²) in [5, 5.41) is 12.9. The van der Waals surface area contributed by atoms with Gasteiger partial charge in [0.05, 0.1) is 5.56 Å². The molecule has 0 aromatic heterocycles. The standard InChI is InChI=1S/C16H17N3O2S/c20-14-9-5-4-8-13(14)15(21)18-19-16(22)17-11-10-12-6-2-1-3-7-12/h1-9,20H,10-11H2,(H,18,21)(H2,17,19,22). The van der Waals surface area contributed by atoms with Crippen LogP contribution in [0, 0.1) is 0 Å². The van der Waals surface area contributed by atoms with Crippen molar-refractivity contribution in [1.82, 2.24) is 16.2 Å². The van der Waals surface area contributed by atoms with E-state index in [0.29, 0.717) is 11.7 Å². The summed E-state index contributed by atoms with van der Waals surface area (Å²) in [7, 11) is 0. The molecule has 0 aliphatic heterocycles. The third kappa shape index (κ3) is 4.75. The van der Waals surface area contributed by atoms with Gasteiger partial charge in [0, 0.05) is 6.54 Å². The van der Waals surface area contributed by atoms with Gasteiger partial charge < -0.3 is 10.4 Å². The number of carbonyl (C=O) groups excluding carboxylic acids is 1. The lowest BCUT2D eigenvalue weighted by molar-refractivity contribution is 0.0941. The summed E-state index contributed by atoms with van der Waals surface area (Å²) < 4.78 is 0. The molecule has 2 aromatic rings. The Morgan fingerprint density at radius 2 is 1.68 bits per heavy atom. The zero-order chi connectivity index (χ0) is 15.8. The molecule has 2 aromatic carbocycles. The number of para-hydroxylation sites is 1. The Labute approximate surface area is 134 Å². The van der Waals surface area contributed by atoms with Gasteiger partial charge in [0.1, 0.15) is 5.75 Å². The normalized spacial score (nSPS) is 9.82. The second kappa shape index (κ2) is 7.99. The Balaban J connectivity index is 1.72. The van der Waals surface area contributed by atoms with Crippen molar-refractivity contribution >= 4 is 23.2 Å². The number of aromatic hydroxyl groups is 1. The van der Waals surface area contributed by atoms with Gasteiger partial charge in [0.2, 0.25) is 0 Å². The van der Waals surface area contributed by atoms with Gasteiger partial charge in [-0.1, -0.05) is 42.5 Å². The molecule has 4 N–H and O–H groups in total. The van der Waals surface area contributed by atoms with Crippen LogP contribution in [0.4, 0.5) is 0 Å². The summed E-state index contributed by atoms with van der Waals surface area (Å²) in [6.07, 6.45) is 0.829. The Kier molecular flexibility index (Phi) is 5.73. The highest BCUT2D eigenvalue weighted by molar-refractivity contribution is 7.80. The molecular formula is C16H17N3O2S. The predicted molar refractivity (Wildman–Crippen MR) is 89.5 cm³/mol. The van der Waals surface area contributed by atoms with Gasteiger partial charge in [0.25, 0.3) is 5.91 Å². The van der Waals surface area contributed by atoms with E-state index < -0.39 is 5.91 Å². The van der Waals surface area contributed by atoms with Crippen LogP contribution in [0.25, 0.3) is 0 Å². The molecule has 0 saturated heterocycles. The van der Waals surface area contributed by atoms with E-state index in [4.69, 9.17) is 12.2 Å². The number of hydrogen-bond donors (Lipinski definition) is 4. The number of thiocarbonyl (C=S) groups is 1. The molecule has 1 amide bonds. The smallest absolute Gasteiger partial charge is 0.273 e. The lowest BCUT2D eigenvalue weighted by Crippen LogP contribution is -2.47. The summed E-state index contributed by atoms with van der Waals surface area (Å²) in [6, 6.07) is 16.3. The minimum Gasteiger partial charge on any atom is -0.507 e. The number of hydrazine groups is 1. The summed E-state index contributed by atoms with van der Waals surface area (Å²) in [5.74, 6) is -0.532. The van der Waals surface area contributed by atoms with E-state index in [1.54, 1.807) is 12.1 Å². The zero-order valence-electron chi connectivity index (χ0n) is 11.9. The highest BCUT2D eigenvalue weighted by Crippen LogP contribution is 2.14. The molecule has 0 aliphatic rings. The number of benzene rings is 2. The molecule has 22 heavy (non-hydrogen) atoms. The van der Waals surface area contributed by atoms with Gasteiger partial charge in [-0.3, -0.25) is 15.6 Å². The molecule has 0 aliphatic carbocycles. The molecule has 2 rings (SSSR count). The maximum Gasteiger partial charge on any atom is 0.273 e. The van der Waals surface area contributed by atoms with Crippen LogP contribution in [-0.2, 0) is 6.42 Å². The second-order valence-corrected chi connectivity index (χ2v) is 5.00. The van der Waals surface area contributed by atoms with E-state index in [-0.39, 0.29) is 11.3 Å². The number of hydrogen-bond acceptors (Lipinski definition) is 3. The minimum absolute atomic E-state index is 0.0789. The van der Waals surface area contributed by atoms with E-state index in [1.807, 2.05) is 30.3 Å². The first-order valence-electron chi connectivity index (χ1n) is 6.83. The van der Waals surface area contributed by atoms with Gasteiger partial charge >= 0.3 is 0 Å². The summed E-state index contributed by atoms with van der Waals surface area (Å²) >= 11 is 5.07. The largest absolute Gasteiger partial charge is 0.507 e. The van der Waals surface area contributed by atoms with Crippen LogP contribution < -0.4 is 16.2 Å². The zero-order valence-corrected chi connectivity index (χ0v) is 12.7. The SMILES string of the molecule is O=C(NNC(=S)NCCc1ccccc1)c1ccccc1O. The fourth-order valence-electron chi connectivity index (χ4n) is 1.86. The van der Waals surface area contributed by atoms with E-state index in [0.717, 1.165) is 6.42 Å². The molecule has 0 unspecified atom stereocenters. The van der Waals surface area contributed by atoms with Crippen molar-refractivity contribution in [3.05, 3.63) is 65.7 Å². The molecule has 5 nitrogen and oxygen atoms in total. The maximum absolute atomic E-state index is 11.8. The number of phenols is 1. The van der Waals surface area contributed by atoms with Crippen molar-refractivity contribution in [1.29, 1.82) is 0 Å². The monoisotopic (exact) mass is 315 g/mol. The lowest BCUT2D eigenvalue weighted by atomic mass is 10.1. The molecule has 6 heteroatoms. The molecule has 0 atom stereocenters. The van der Waals surface area contributed by atoms with Crippen molar-refractivity contribution in [2.24, 2.45) is 0 Å². The Morgan fingerprint density at radius 3 is 2.41 bits per heavy atom. The van der Waals surface area contributed by atoms with Crippen LogP contribution in [0.3, 0.4) is 0 Å². The van der Waals surface area contributed by atoms with Crippen LogP contribution in [0.5, 0.6) is 5.75 Å². The van der Waals surface area contributed by atoms with E-state index >= 15 is 0 Å². The molecule has 0 saturated carbocycles. The van der Waals surface area contributed by atoms with E-state index in [1.165, 1.54) is 17.7 Å². The fourth-order valence-corrected chi connectivity index (χ4v) is 2.01. The molecule has 0 bridgehead atoms. The Bertz CT molecular complexity index is 647. The van der Waals surface area contributed by atoms with E-state index in [9.17, 15) is 9.90 Å². The second-order valence-electron chi connectivity index (χ2n) is 4.59. The Hall–Kier alpha value is -2.60. The average molecular weight is 315 g/mol. The van der Waals surface area contributed by atoms with Crippen LogP contribution in [0.2, 0.25) is 0 Å². The van der Waals surface area contributed by atoms with Gasteiger partial charge in [-0.2, -0.15) is 0 Å². The van der Waals surface area contributed by atoms with Crippen molar-refractivity contribution in [2.45, 2.75) is 6.42 Å². The van der Waals surface area contributed by atoms with Gasteiger partial charge in [-0.15, -0.1) is 0 Å². The fraction of sp³-hybridized carbons (Fsp3) is 0.125. The van der Waals surface area contributed by atoms with Crippen molar-refractivity contribution in [3.8, 4) is 5.75 Å². The first kappa shape index (κ1) is 15.8. The number of carbonyl (C=O) groups is 1. The molecule has 0 spiro atoms. The summed E-state index contributed by atoms with van der Waals surface area (Å²) in [6.45, 7) is 0.655. The number of nitrogens with one attached hydrogen (secondary N) is 3. The molecule has 114 valence electrons. The Morgan fingerprint density at radius 1 is 1.00 bits per heavy atom. The van der Waals surface area contributed by atoms with Crippen LogP contribution in [-0.4, -0.2) is 22.7 Å². The highest BCUT2D eigenvalue weighted by atomic mass is 32.1. The van der Waals surface area contributed by atoms with E-state index in [2.05, 4.69) is 16.2 Å². The third-order valence-electron chi connectivity index (χ3n) is 2.98. The van der Waals surface area contributed by atoms with Crippen molar-refractivity contribution < 1.29 is 9.90 Å². The number of rotatable bonds is 4. The summed E-state index contributed by atoms with van der Waals surface area (Å²) in [4.78, 5) is 11.8. The highest BCUT2D eigenvalue weighted by Gasteiger charge is 2.09. The molecule has 0 radical (unpaired) electrons. The third-order valence-corrected chi connectivity index (χ3v) is 3.23. The summed E-state index contributed by atoms with van der Waals surface area (Å²) in [5.41, 5.74) is 6.43. The van der Waals surface area contributed by atoms with Crippen LogP contribution >= 0.6 is 12.2 Å². The quantitative estimate of drug-likeness (QED) is 0.511. The first-order chi connectivity index (χ1) is 10.7. The van der Waals surface area contributed by atoms with Gasteiger partial charge in [-0.05, 0) is 36.3 Å². The minimum atomic E-state index is -0.453. The van der Waals surface area contributed by atoms with Crippen molar-refractivity contribution in [3.63, 3.8) is 0 Å². The topological polar surface area (TPSA) is 73.4 Å². The average Bonchev–Trinajstić information content (AvgIpc) is 2.54. The first-order valence-corrected chi connectivity index (χ1v) is 7.24. The van der Waals surface area contributed by atoms with Gasteiger partial charge in [0.15, 0.2) is 5.11 Å². The molecule has 0 heterocycles. The van der Waals surface area contributed by atoms with Crippen molar-refractivity contribution in [2.75, 3.05) is 6.54 Å². The van der Waals surface area contributed by atoms with Crippen LogP contribution in [0.1, 0.15) is 15.9 Å². The lowest BCUT2D eigenvalue weighted by Gasteiger charge is -2.12. The van der Waals surface area contributed by atoms with Crippen LogP contribution in [0.15, 0.2) is 54.6 Å². The number of phenolic OH excluding ortho intramolecular Hbond substituents is 1. The number of amides is 1. The maximum atomic E-state index is 11.8. The van der Waals surface area contributed by atoms with Gasteiger partial charge in [-0.25, -0.2) is 0 Å².